The summed E-state index contributed by atoms with van der Waals surface area (Å²) in [6.07, 6.45) is 1.85. The zero-order valence-corrected chi connectivity index (χ0v) is 17.1. The van der Waals surface area contributed by atoms with Gasteiger partial charge in [-0.05, 0) is 31.3 Å². The molecule has 2 fully saturated rings. The standard InChI is InChI=1S/C21H24ClN5O2/c1-25-8-10-26(11-9-25)19-7-6-16(13-23-19)24-21(29)15-12-20(28)27(14-15)18-5-3-2-4-17(18)22/h2-7,13,15H,8-12,14H2,1H3,(H,24,29)/t15-/m1/s1. The lowest BCUT2D eigenvalue weighted by Crippen LogP contribution is -2.44. The predicted octanol–water partition coefficient (Wildman–Crippen LogP) is 2.48. The van der Waals surface area contributed by atoms with Crippen LogP contribution in [0.2, 0.25) is 5.02 Å². The van der Waals surface area contributed by atoms with Gasteiger partial charge in [0.2, 0.25) is 11.8 Å². The fraction of sp³-hybridized carbons (Fsp3) is 0.381. The Bertz CT molecular complexity index is 896. The summed E-state index contributed by atoms with van der Waals surface area (Å²) in [5.41, 5.74) is 1.28. The van der Waals surface area contributed by atoms with Crippen LogP contribution in [-0.4, -0.2) is 61.5 Å². The Kier molecular flexibility index (Phi) is 5.69. The first-order chi connectivity index (χ1) is 14.0. The van der Waals surface area contributed by atoms with Crippen LogP contribution in [0.5, 0.6) is 0 Å². The number of hydrogen-bond acceptors (Lipinski definition) is 5. The fourth-order valence-corrected chi connectivity index (χ4v) is 3.95. The minimum absolute atomic E-state index is 0.0956. The number of para-hydroxylation sites is 1. The Hall–Kier alpha value is -2.64. The number of carbonyl (C=O) groups is 2. The number of benzene rings is 1. The molecule has 1 N–H and O–H groups in total. The van der Waals surface area contributed by atoms with E-state index < -0.39 is 5.92 Å². The third kappa shape index (κ3) is 4.36. The molecular formula is C21H24ClN5O2. The summed E-state index contributed by atoms with van der Waals surface area (Å²) in [5.74, 6) is 0.219. The molecule has 29 heavy (non-hydrogen) atoms. The van der Waals surface area contributed by atoms with Crippen molar-refractivity contribution in [3.05, 3.63) is 47.6 Å². The molecule has 0 radical (unpaired) electrons. The third-order valence-corrected chi connectivity index (χ3v) is 5.80. The van der Waals surface area contributed by atoms with Crippen molar-refractivity contribution in [2.24, 2.45) is 5.92 Å². The summed E-state index contributed by atoms with van der Waals surface area (Å²) in [6, 6.07) is 11.0. The van der Waals surface area contributed by atoms with Gasteiger partial charge < -0.3 is 20.0 Å². The topological polar surface area (TPSA) is 68.8 Å². The molecule has 0 bridgehead atoms. The number of piperazine rings is 1. The maximum absolute atomic E-state index is 12.7. The number of anilines is 3. The SMILES string of the molecule is CN1CCN(c2ccc(NC(=O)[C@@H]3CC(=O)N(c4ccccc4Cl)C3)cn2)CC1. The van der Waals surface area contributed by atoms with Crippen molar-refractivity contribution in [3.63, 3.8) is 0 Å². The number of rotatable bonds is 4. The Morgan fingerprint density at radius 2 is 1.90 bits per heavy atom. The lowest BCUT2D eigenvalue weighted by molar-refractivity contribution is -0.122. The van der Waals surface area contributed by atoms with Crippen LogP contribution in [0.3, 0.4) is 0 Å². The number of carbonyl (C=O) groups excluding carboxylic acids is 2. The Balaban J connectivity index is 1.37. The van der Waals surface area contributed by atoms with Crippen molar-refractivity contribution in [1.82, 2.24) is 9.88 Å². The summed E-state index contributed by atoms with van der Waals surface area (Å²) < 4.78 is 0. The molecule has 0 aliphatic carbocycles. The molecule has 152 valence electrons. The van der Waals surface area contributed by atoms with E-state index >= 15 is 0 Å². The van der Waals surface area contributed by atoms with Crippen LogP contribution in [0.25, 0.3) is 0 Å². The van der Waals surface area contributed by atoms with E-state index in [1.807, 2.05) is 24.3 Å². The van der Waals surface area contributed by atoms with Crippen LogP contribution < -0.4 is 15.1 Å². The van der Waals surface area contributed by atoms with Gasteiger partial charge in [0.25, 0.3) is 0 Å². The number of pyridine rings is 1. The van der Waals surface area contributed by atoms with Crippen molar-refractivity contribution in [1.29, 1.82) is 0 Å². The average Bonchev–Trinajstić information content (AvgIpc) is 3.11. The van der Waals surface area contributed by atoms with E-state index in [0.717, 1.165) is 32.0 Å². The second-order valence-corrected chi connectivity index (χ2v) is 7.95. The van der Waals surface area contributed by atoms with Crippen LogP contribution in [0.4, 0.5) is 17.2 Å². The van der Waals surface area contributed by atoms with Gasteiger partial charge in [-0.3, -0.25) is 9.59 Å². The number of nitrogens with one attached hydrogen (secondary N) is 1. The second-order valence-electron chi connectivity index (χ2n) is 7.54. The fourth-order valence-electron chi connectivity index (χ4n) is 3.71. The van der Waals surface area contributed by atoms with E-state index in [9.17, 15) is 9.59 Å². The molecule has 2 saturated heterocycles. The molecule has 2 aliphatic heterocycles. The minimum Gasteiger partial charge on any atom is -0.354 e. The van der Waals surface area contributed by atoms with Gasteiger partial charge in [-0.2, -0.15) is 0 Å². The molecule has 1 aromatic carbocycles. The molecular weight excluding hydrogens is 390 g/mol. The maximum atomic E-state index is 12.7. The highest BCUT2D eigenvalue weighted by atomic mass is 35.5. The minimum atomic E-state index is -0.420. The van der Waals surface area contributed by atoms with Gasteiger partial charge in [-0.15, -0.1) is 0 Å². The molecule has 2 amide bonds. The molecule has 4 rings (SSSR count). The van der Waals surface area contributed by atoms with Crippen LogP contribution in [0.1, 0.15) is 6.42 Å². The van der Waals surface area contributed by atoms with Crippen molar-refractivity contribution >= 4 is 40.6 Å². The zero-order chi connectivity index (χ0) is 20.4. The van der Waals surface area contributed by atoms with Crippen LogP contribution in [-0.2, 0) is 9.59 Å². The summed E-state index contributed by atoms with van der Waals surface area (Å²) in [4.78, 5) is 35.7. The molecule has 0 saturated carbocycles. The van der Waals surface area contributed by atoms with Gasteiger partial charge in [0.15, 0.2) is 0 Å². The molecule has 2 aromatic rings. The maximum Gasteiger partial charge on any atom is 0.229 e. The van der Waals surface area contributed by atoms with Crippen molar-refractivity contribution in [2.75, 3.05) is 54.9 Å². The number of hydrogen-bond donors (Lipinski definition) is 1. The number of likely N-dealkylation sites (N-methyl/N-ethyl adjacent to an activating group) is 1. The van der Waals surface area contributed by atoms with Crippen LogP contribution in [0.15, 0.2) is 42.6 Å². The highest BCUT2D eigenvalue weighted by Gasteiger charge is 2.35. The van der Waals surface area contributed by atoms with Gasteiger partial charge >= 0.3 is 0 Å². The van der Waals surface area contributed by atoms with Gasteiger partial charge in [0, 0.05) is 39.1 Å². The van der Waals surface area contributed by atoms with E-state index in [0.29, 0.717) is 22.9 Å². The summed E-state index contributed by atoms with van der Waals surface area (Å²) in [6.45, 7) is 4.23. The van der Waals surface area contributed by atoms with Crippen LogP contribution in [0, 0.1) is 5.92 Å². The molecule has 7 nitrogen and oxygen atoms in total. The monoisotopic (exact) mass is 413 g/mol. The quantitative estimate of drug-likeness (QED) is 0.834. The first kappa shape index (κ1) is 19.7. The number of aromatic nitrogens is 1. The van der Waals surface area contributed by atoms with Gasteiger partial charge in [-0.25, -0.2) is 4.98 Å². The average molecular weight is 414 g/mol. The largest absolute Gasteiger partial charge is 0.354 e. The summed E-state index contributed by atoms with van der Waals surface area (Å²) >= 11 is 6.20. The lowest BCUT2D eigenvalue weighted by Gasteiger charge is -2.33. The van der Waals surface area contributed by atoms with E-state index in [1.165, 1.54) is 0 Å². The Morgan fingerprint density at radius 1 is 1.14 bits per heavy atom. The molecule has 1 aromatic heterocycles. The number of nitrogens with zero attached hydrogens (tertiary/aromatic N) is 4. The third-order valence-electron chi connectivity index (χ3n) is 5.48. The Morgan fingerprint density at radius 3 is 2.59 bits per heavy atom. The van der Waals surface area contributed by atoms with E-state index in [1.54, 1.807) is 23.2 Å². The second kappa shape index (κ2) is 8.39. The number of amides is 2. The lowest BCUT2D eigenvalue weighted by atomic mass is 10.1. The van der Waals surface area contributed by atoms with Crippen molar-refractivity contribution < 1.29 is 9.59 Å². The normalized spacial score (nSPS) is 20.2. The van der Waals surface area contributed by atoms with Gasteiger partial charge in [-0.1, -0.05) is 23.7 Å². The highest BCUT2D eigenvalue weighted by molar-refractivity contribution is 6.33. The van der Waals surface area contributed by atoms with Crippen LogP contribution >= 0.6 is 11.6 Å². The first-order valence-electron chi connectivity index (χ1n) is 9.76. The molecule has 1 atom stereocenters. The van der Waals surface area contributed by atoms with E-state index in [2.05, 4.69) is 27.1 Å². The zero-order valence-electron chi connectivity index (χ0n) is 16.3. The Labute approximate surface area is 175 Å². The smallest absolute Gasteiger partial charge is 0.229 e. The summed E-state index contributed by atoms with van der Waals surface area (Å²) in [7, 11) is 2.12. The molecule has 8 heteroatoms. The number of halogens is 1. The van der Waals surface area contributed by atoms with Crippen molar-refractivity contribution in [3.8, 4) is 0 Å². The molecule has 3 heterocycles. The molecule has 0 unspecified atom stereocenters. The van der Waals surface area contributed by atoms with Crippen molar-refractivity contribution in [2.45, 2.75) is 6.42 Å². The summed E-state index contributed by atoms with van der Waals surface area (Å²) in [5, 5.41) is 3.39. The first-order valence-corrected chi connectivity index (χ1v) is 10.1. The molecule has 0 spiro atoms. The predicted molar refractivity (Wildman–Crippen MR) is 114 cm³/mol. The highest BCUT2D eigenvalue weighted by Crippen LogP contribution is 2.31. The van der Waals surface area contributed by atoms with E-state index in [-0.39, 0.29) is 18.2 Å². The van der Waals surface area contributed by atoms with Gasteiger partial charge in [0.05, 0.1) is 28.5 Å². The van der Waals surface area contributed by atoms with Gasteiger partial charge in [0.1, 0.15) is 5.82 Å². The molecule has 2 aliphatic rings. The van der Waals surface area contributed by atoms with E-state index in [4.69, 9.17) is 11.6 Å².